The third-order valence-electron chi connectivity index (χ3n) is 2.90. The summed E-state index contributed by atoms with van der Waals surface area (Å²) in [5, 5.41) is 2.78. The summed E-state index contributed by atoms with van der Waals surface area (Å²) in [4.78, 5) is 28.3. The number of aromatic amines is 2. The number of anilines is 1. The molecule has 0 saturated carbocycles. The maximum Gasteiger partial charge on any atom is 0.323 e. The SMILES string of the molecule is CC(C)(CN)C(=O)Nc1ccc2[nH]c(=O)[nH]c2c1. The van der Waals surface area contributed by atoms with Gasteiger partial charge in [-0.25, -0.2) is 4.79 Å². The molecular weight excluding hydrogens is 232 g/mol. The minimum absolute atomic E-state index is 0.151. The summed E-state index contributed by atoms with van der Waals surface area (Å²) in [6.07, 6.45) is 0. The van der Waals surface area contributed by atoms with E-state index in [1.54, 1.807) is 32.0 Å². The molecule has 0 aliphatic heterocycles. The number of aromatic nitrogens is 2. The fourth-order valence-electron chi connectivity index (χ4n) is 1.50. The van der Waals surface area contributed by atoms with E-state index in [2.05, 4.69) is 15.3 Å². The van der Waals surface area contributed by atoms with Crippen molar-refractivity contribution in [1.29, 1.82) is 0 Å². The second-order valence-electron chi connectivity index (χ2n) is 4.88. The Kier molecular flexibility index (Phi) is 2.96. The van der Waals surface area contributed by atoms with Crippen molar-refractivity contribution in [3.05, 3.63) is 28.7 Å². The smallest absolute Gasteiger partial charge is 0.323 e. The van der Waals surface area contributed by atoms with E-state index in [1.165, 1.54) is 0 Å². The largest absolute Gasteiger partial charge is 0.329 e. The molecule has 0 bridgehead atoms. The van der Waals surface area contributed by atoms with E-state index in [9.17, 15) is 9.59 Å². The van der Waals surface area contributed by atoms with E-state index in [0.29, 0.717) is 16.7 Å². The Labute approximate surface area is 104 Å². The van der Waals surface area contributed by atoms with Gasteiger partial charge in [0.25, 0.3) is 0 Å². The molecule has 96 valence electrons. The molecule has 1 heterocycles. The first kappa shape index (κ1) is 12.4. The van der Waals surface area contributed by atoms with E-state index in [0.717, 1.165) is 0 Å². The molecule has 1 aromatic carbocycles. The molecule has 2 rings (SSSR count). The van der Waals surface area contributed by atoms with Gasteiger partial charge in [0.15, 0.2) is 0 Å². The Morgan fingerprint density at radius 1 is 1.33 bits per heavy atom. The number of nitrogens with two attached hydrogens (primary N) is 1. The first-order valence-corrected chi connectivity index (χ1v) is 5.66. The normalized spacial score (nSPS) is 11.7. The molecule has 2 aromatic rings. The van der Waals surface area contributed by atoms with Crippen molar-refractivity contribution in [1.82, 2.24) is 9.97 Å². The molecule has 1 amide bonds. The number of fused-ring (bicyclic) bond motifs is 1. The summed E-state index contributed by atoms with van der Waals surface area (Å²) < 4.78 is 0. The summed E-state index contributed by atoms with van der Waals surface area (Å²) in [7, 11) is 0. The van der Waals surface area contributed by atoms with Gasteiger partial charge in [0.2, 0.25) is 5.91 Å². The van der Waals surface area contributed by atoms with Crippen molar-refractivity contribution in [2.24, 2.45) is 11.1 Å². The lowest BCUT2D eigenvalue weighted by Crippen LogP contribution is -2.37. The molecule has 18 heavy (non-hydrogen) atoms. The Bertz CT molecular complexity index is 639. The Morgan fingerprint density at radius 3 is 2.67 bits per heavy atom. The number of nitrogens with one attached hydrogen (secondary N) is 3. The number of hydrogen-bond donors (Lipinski definition) is 4. The molecule has 0 spiro atoms. The average Bonchev–Trinajstić information content (AvgIpc) is 2.68. The van der Waals surface area contributed by atoms with Gasteiger partial charge in [-0.1, -0.05) is 0 Å². The van der Waals surface area contributed by atoms with Gasteiger partial charge in [-0.3, -0.25) is 4.79 Å². The summed E-state index contributed by atoms with van der Waals surface area (Å²) >= 11 is 0. The van der Waals surface area contributed by atoms with Crippen LogP contribution in [0.3, 0.4) is 0 Å². The van der Waals surface area contributed by atoms with E-state index in [4.69, 9.17) is 5.73 Å². The molecule has 0 fully saturated rings. The summed E-state index contributed by atoms with van der Waals surface area (Å²) in [5.74, 6) is -0.151. The van der Waals surface area contributed by atoms with Crippen LogP contribution in [0.25, 0.3) is 11.0 Å². The maximum atomic E-state index is 11.9. The second kappa shape index (κ2) is 4.30. The fourth-order valence-corrected chi connectivity index (χ4v) is 1.50. The van der Waals surface area contributed by atoms with Crippen LogP contribution in [-0.2, 0) is 4.79 Å². The molecule has 6 nitrogen and oxygen atoms in total. The van der Waals surface area contributed by atoms with Gasteiger partial charge in [-0.05, 0) is 32.0 Å². The van der Waals surface area contributed by atoms with Gasteiger partial charge in [0.1, 0.15) is 0 Å². The minimum Gasteiger partial charge on any atom is -0.329 e. The van der Waals surface area contributed by atoms with E-state index < -0.39 is 5.41 Å². The topological polar surface area (TPSA) is 104 Å². The summed E-state index contributed by atoms with van der Waals surface area (Å²) in [6.45, 7) is 3.82. The van der Waals surface area contributed by atoms with Crippen LogP contribution < -0.4 is 16.7 Å². The molecule has 0 aliphatic carbocycles. The zero-order valence-corrected chi connectivity index (χ0v) is 10.3. The summed E-state index contributed by atoms with van der Waals surface area (Å²) in [6, 6.07) is 5.17. The second-order valence-corrected chi connectivity index (χ2v) is 4.88. The molecule has 5 N–H and O–H groups in total. The maximum absolute atomic E-state index is 11.9. The highest BCUT2D eigenvalue weighted by molar-refractivity contribution is 5.96. The molecular formula is C12H16N4O2. The number of benzene rings is 1. The lowest BCUT2D eigenvalue weighted by molar-refractivity contribution is -0.123. The number of carbonyl (C=O) groups is 1. The zero-order chi connectivity index (χ0) is 13.3. The van der Waals surface area contributed by atoms with Crippen molar-refractivity contribution in [3.63, 3.8) is 0 Å². The van der Waals surface area contributed by atoms with Crippen molar-refractivity contribution >= 4 is 22.6 Å². The number of amides is 1. The third kappa shape index (κ3) is 2.28. The monoisotopic (exact) mass is 248 g/mol. The van der Waals surface area contributed by atoms with Crippen LogP contribution in [0.5, 0.6) is 0 Å². The van der Waals surface area contributed by atoms with E-state index >= 15 is 0 Å². The zero-order valence-electron chi connectivity index (χ0n) is 10.3. The minimum atomic E-state index is -0.624. The van der Waals surface area contributed by atoms with Gasteiger partial charge in [0, 0.05) is 12.2 Å². The molecule has 0 unspecified atom stereocenters. The van der Waals surface area contributed by atoms with Crippen molar-refractivity contribution in [3.8, 4) is 0 Å². The molecule has 0 saturated heterocycles. The highest BCUT2D eigenvalue weighted by Gasteiger charge is 2.25. The average molecular weight is 248 g/mol. The van der Waals surface area contributed by atoms with Crippen LogP contribution in [0.15, 0.2) is 23.0 Å². The molecule has 0 radical (unpaired) electrons. The Balaban J connectivity index is 2.27. The van der Waals surface area contributed by atoms with Crippen LogP contribution in [0.1, 0.15) is 13.8 Å². The quantitative estimate of drug-likeness (QED) is 0.645. The van der Waals surface area contributed by atoms with E-state index in [-0.39, 0.29) is 18.1 Å². The van der Waals surface area contributed by atoms with Crippen molar-refractivity contribution in [2.45, 2.75) is 13.8 Å². The summed E-state index contributed by atoms with van der Waals surface area (Å²) in [5.41, 5.74) is 6.64. The molecule has 6 heteroatoms. The fraction of sp³-hybridized carbons (Fsp3) is 0.333. The van der Waals surface area contributed by atoms with Crippen LogP contribution >= 0.6 is 0 Å². The van der Waals surface area contributed by atoms with Crippen molar-refractivity contribution in [2.75, 3.05) is 11.9 Å². The Hall–Kier alpha value is -2.08. The predicted octanol–water partition coefficient (Wildman–Crippen LogP) is 0.780. The van der Waals surface area contributed by atoms with Gasteiger partial charge in [-0.2, -0.15) is 0 Å². The lowest BCUT2D eigenvalue weighted by atomic mass is 9.92. The highest BCUT2D eigenvalue weighted by atomic mass is 16.2. The van der Waals surface area contributed by atoms with Crippen LogP contribution in [0.2, 0.25) is 0 Å². The van der Waals surface area contributed by atoms with Gasteiger partial charge >= 0.3 is 5.69 Å². The van der Waals surface area contributed by atoms with Crippen LogP contribution in [0.4, 0.5) is 5.69 Å². The number of imidazole rings is 1. The first-order valence-electron chi connectivity index (χ1n) is 5.66. The van der Waals surface area contributed by atoms with Gasteiger partial charge < -0.3 is 21.0 Å². The van der Waals surface area contributed by atoms with Crippen LogP contribution in [-0.4, -0.2) is 22.4 Å². The highest BCUT2D eigenvalue weighted by Crippen LogP contribution is 2.19. The number of H-pyrrole nitrogens is 2. The molecule has 1 aromatic heterocycles. The third-order valence-corrected chi connectivity index (χ3v) is 2.90. The number of hydrogen-bond acceptors (Lipinski definition) is 3. The number of rotatable bonds is 3. The molecule has 0 aliphatic rings. The van der Waals surface area contributed by atoms with Gasteiger partial charge in [0.05, 0.1) is 16.4 Å². The lowest BCUT2D eigenvalue weighted by Gasteiger charge is -2.21. The predicted molar refractivity (Wildman–Crippen MR) is 70.4 cm³/mol. The first-order chi connectivity index (χ1) is 8.42. The standard InChI is InChI=1S/C12H16N4O2/c1-12(2,6-13)10(17)14-7-3-4-8-9(5-7)16-11(18)15-8/h3-5H,6,13H2,1-2H3,(H,14,17)(H2,15,16,18). The van der Waals surface area contributed by atoms with Crippen LogP contribution in [0, 0.1) is 5.41 Å². The Morgan fingerprint density at radius 2 is 2.00 bits per heavy atom. The van der Waals surface area contributed by atoms with Gasteiger partial charge in [-0.15, -0.1) is 0 Å². The molecule has 0 atom stereocenters. The van der Waals surface area contributed by atoms with Crippen molar-refractivity contribution < 1.29 is 4.79 Å². The van der Waals surface area contributed by atoms with E-state index in [1.807, 2.05) is 0 Å². The number of carbonyl (C=O) groups excluding carboxylic acids is 1.